The summed E-state index contributed by atoms with van der Waals surface area (Å²) in [6.07, 6.45) is 8.04. The lowest BCUT2D eigenvalue weighted by Crippen LogP contribution is -1.98. The molecule has 0 bridgehead atoms. The van der Waals surface area contributed by atoms with Crippen LogP contribution in [0.5, 0.6) is 0 Å². The van der Waals surface area contributed by atoms with Crippen LogP contribution in [-0.2, 0) is 0 Å². The number of fused-ring (bicyclic) bond motifs is 1. The second-order valence-electron chi connectivity index (χ2n) is 5.82. The fourth-order valence-corrected chi connectivity index (χ4v) is 2.88. The van der Waals surface area contributed by atoms with Crippen LogP contribution in [0.3, 0.4) is 0 Å². The molecule has 0 saturated heterocycles. The summed E-state index contributed by atoms with van der Waals surface area (Å²) < 4.78 is 2.18. The smallest absolute Gasteiger partial charge is 0.105 e. The predicted octanol–water partition coefficient (Wildman–Crippen LogP) is 5.34. The van der Waals surface area contributed by atoms with Crippen molar-refractivity contribution in [3.8, 4) is 18.0 Å². The van der Waals surface area contributed by atoms with E-state index < -0.39 is 0 Å². The molecule has 3 rings (SSSR count). The quantitative estimate of drug-likeness (QED) is 0.560. The number of hydrogen-bond acceptors (Lipinski definition) is 0. The van der Waals surface area contributed by atoms with Crippen LogP contribution in [-0.4, -0.2) is 4.57 Å². The first-order valence-corrected chi connectivity index (χ1v) is 7.44. The van der Waals surface area contributed by atoms with Crippen molar-refractivity contribution in [3.63, 3.8) is 0 Å². The van der Waals surface area contributed by atoms with Gasteiger partial charge in [-0.2, -0.15) is 0 Å². The summed E-state index contributed by atoms with van der Waals surface area (Å²) in [5.74, 6) is 2.90. The molecule has 22 heavy (non-hydrogen) atoms. The average Bonchev–Trinajstić information content (AvgIpc) is 2.80. The summed E-state index contributed by atoms with van der Waals surface area (Å²) in [5.41, 5.74) is 6.75. The van der Waals surface area contributed by atoms with Gasteiger partial charge in [0.05, 0.1) is 5.52 Å². The number of para-hydroxylation sites is 1. The Morgan fingerprint density at radius 1 is 1.09 bits per heavy atom. The van der Waals surface area contributed by atoms with Crippen molar-refractivity contribution in [1.82, 2.24) is 4.57 Å². The van der Waals surface area contributed by atoms with Crippen molar-refractivity contribution in [2.45, 2.75) is 20.8 Å². The third kappa shape index (κ3) is 2.34. The average molecular weight is 285 g/mol. The minimum atomic E-state index is 0.910. The SMILES string of the molecule is C#Cc1c(C=C(C)C)c2ccccc2n1-c1cccc(C)c1. The zero-order chi connectivity index (χ0) is 15.7. The standard InChI is InChI=1S/C21H19N/c1-5-20-19(13-15(2)3)18-11-6-7-12-21(18)22(20)17-10-8-9-16(4)14-17/h1,6-14H,2-4H3. The second-order valence-corrected chi connectivity index (χ2v) is 5.82. The zero-order valence-electron chi connectivity index (χ0n) is 13.2. The number of aryl methyl sites for hydroxylation is 1. The van der Waals surface area contributed by atoms with E-state index in [1.165, 1.54) is 16.5 Å². The van der Waals surface area contributed by atoms with E-state index in [9.17, 15) is 0 Å². The molecule has 0 saturated carbocycles. The molecule has 0 radical (unpaired) electrons. The third-order valence-corrected chi connectivity index (χ3v) is 3.74. The molecule has 1 heteroatoms. The minimum Gasteiger partial charge on any atom is -0.302 e. The lowest BCUT2D eigenvalue weighted by Gasteiger charge is -2.08. The van der Waals surface area contributed by atoms with Crippen LogP contribution in [0.2, 0.25) is 0 Å². The Morgan fingerprint density at radius 3 is 2.55 bits per heavy atom. The summed E-state index contributed by atoms with van der Waals surface area (Å²) in [6, 6.07) is 16.8. The molecule has 0 aliphatic heterocycles. The number of allylic oxidation sites excluding steroid dienone is 1. The lowest BCUT2D eigenvalue weighted by molar-refractivity contribution is 1.09. The molecule has 108 valence electrons. The normalized spacial score (nSPS) is 10.5. The first-order valence-electron chi connectivity index (χ1n) is 7.44. The monoisotopic (exact) mass is 285 g/mol. The fraction of sp³-hybridized carbons (Fsp3) is 0.143. The van der Waals surface area contributed by atoms with Gasteiger partial charge in [-0.25, -0.2) is 0 Å². The van der Waals surface area contributed by atoms with Crippen LogP contribution < -0.4 is 0 Å². The van der Waals surface area contributed by atoms with Crippen molar-refractivity contribution in [3.05, 3.63) is 70.9 Å². The molecule has 0 aliphatic rings. The van der Waals surface area contributed by atoms with Gasteiger partial charge in [-0.1, -0.05) is 47.9 Å². The maximum Gasteiger partial charge on any atom is 0.105 e. The number of benzene rings is 2. The molecule has 0 fully saturated rings. The molecular formula is C21H19N. The summed E-state index contributed by atoms with van der Waals surface area (Å²) in [6.45, 7) is 6.29. The molecule has 0 aliphatic carbocycles. The van der Waals surface area contributed by atoms with Gasteiger partial charge in [-0.05, 0) is 44.5 Å². The Balaban J connectivity index is 2.45. The van der Waals surface area contributed by atoms with Crippen LogP contribution in [0.25, 0.3) is 22.7 Å². The van der Waals surface area contributed by atoms with Gasteiger partial charge in [-0.15, -0.1) is 6.42 Å². The van der Waals surface area contributed by atoms with Gasteiger partial charge in [0.25, 0.3) is 0 Å². The van der Waals surface area contributed by atoms with Gasteiger partial charge in [-0.3, -0.25) is 0 Å². The lowest BCUT2D eigenvalue weighted by atomic mass is 10.1. The topological polar surface area (TPSA) is 4.93 Å². The number of terminal acetylenes is 1. The van der Waals surface area contributed by atoms with Gasteiger partial charge in [0.15, 0.2) is 0 Å². The summed E-state index contributed by atoms with van der Waals surface area (Å²) in [4.78, 5) is 0. The Bertz CT molecular complexity index is 913. The molecule has 0 spiro atoms. The van der Waals surface area contributed by atoms with Gasteiger partial charge < -0.3 is 4.57 Å². The van der Waals surface area contributed by atoms with E-state index >= 15 is 0 Å². The Hall–Kier alpha value is -2.72. The second kappa shape index (κ2) is 5.58. The van der Waals surface area contributed by atoms with Crippen LogP contribution in [0.4, 0.5) is 0 Å². The fourth-order valence-electron chi connectivity index (χ4n) is 2.88. The number of nitrogens with zero attached hydrogens (tertiary/aromatic N) is 1. The number of aromatic nitrogens is 1. The highest BCUT2D eigenvalue weighted by Gasteiger charge is 2.15. The van der Waals surface area contributed by atoms with E-state index in [1.807, 2.05) is 0 Å². The third-order valence-electron chi connectivity index (χ3n) is 3.74. The van der Waals surface area contributed by atoms with E-state index in [2.05, 4.69) is 85.9 Å². The predicted molar refractivity (Wildman–Crippen MR) is 95.3 cm³/mol. The highest BCUT2D eigenvalue weighted by Crippen LogP contribution is 2.31. The molecule has 0 unspecified atom stereocenters. The molecule has 0 atom stereocenters. The van der Waals surface area contributed by atoms with Crippen molar-refractivity contribution in [1.29, 1.82) is 0 Å². The summed E-state index contributed by atoms with van der Waals surface area (Å²) in [7, 11) is 0. The molecule has 1 aromatic heterocycles. The Morgan fingerprint density at radius 2 is 1.86 bits per heavy atom. The van der Waals surface area contributed by atoms with Crippen molar-refractivity contribution in [2.24, 2.45) is 0 Å². The van der Waals surface area contributed by atoms with Gasteiger partial charge >= 0.3 is 0 Å². The van der Waals surface area contributed by atoms with Crippen LogP contribution in [0, 0.1) is 19.3 Å². The maximum absolute atomic E-state index is 5.87. The van der Waals surface area contributed by atoms with E-state index in [1.54, 1.807) is 0 Å². The maximum atomic E-state index is 5.87. The molecule has 0 amide bonds. The van der Waals surface area contributed by atoms with Crippen molar-refractivity contribution < 1.29 is 0 Å². The van der Waals surface area contributed by atoms with E-state index in [4.69, 9.17) is 6.42 Å². The van der Waals surface area contributed by atoms with E-state index in [0.717, 1.165) is 22.5 Å². The van der Waals surface area contributed by atoms with Gasteiger partial charge in [0.1, 0.15) is 5.69 Å². The minimum absolute atomic E-state index is 0.910. The van der Waals surface area contributed by atoms with Crippen molar-refractivity contribution in [2.75, 3.05) is 0 Å². The van der Waals surface area contributed by atoms with Crippen LogP contribution >= 0.6 is 0 Å². The largest absolute Gasteiger partial charge is 0.302 e. The Kier molecular flexibility index (Phi) is 3.61. The molecule has 2 aromatic carbocycles. The highest BCUT2D eigenvalue weighted by molar-refractivity contribution is 5.94. The van der Waals surface area contributed by atoms with Gasteiger partial charge in [0, 0.05) is 16.6 Å². The molecular weight excluding hydrogens is 266 g/mol. The summed E-state index contributed by atoms with van der Waals surface area (Å²) >= 11 is 0. The van der Waals surface area contributed by atoms with Crippen LogP contribution in [0.15, 0.2) is 54.1 Å². The highest BCUT2D eigenvalue weighted by atomic mass is 15.0. The van der Waals surface area contributed by atoms with Crippen molar-refractivity contribution >= 4 is 17.0 Å². The molecule has 3 aromatic rings. The molecule has 1 heterocycles. The number of hydrogen-bond donors (Lipinski definition) is 0. The van der Waals surface area contributed by atoms with Gasteiger partial charge in [0.2, 0.25) is 0 Å². The van der Waals surface area contributed by atoms with E-state index in [0.29, 0.717) is 0 Å². The van der Waals surface area contributed by atoms with E-state index in [-0.39, 0.29) is 0 Å². The molecule has 1 nitrogen and oxygen atoms in total. The number of rotatable bonds is 2. The Labute approximate surface area is 131 Å². The first-order chi connectivity index (χ1) is 10.6. The first kappa shape index (κ1) is 14.2. The van der Waals surface area contributed by atoms with Crippen LogP contribution in [0.1, 0.15) is 30.7 Å². The summed E-state index contributed by atoms with van der Waals surface area (Å²) in [5, 5.41) is 1.19. The zero-order valence-corrected chi connectivity index (χ0v) is 13.2. The molecule has 0 N–H and O–H groups in total.